The second-order valence-electron chi connectivity index (χ2n) is 10.2. The van der Waals surface area contributed by atoms with E-state index in [4.69, 9.17) is 0 Å². The molecule has 1 aromatic carbocycles. The number of imide groups is 1. The van der Waals surface area contributed by atoms with Gasteiger partial charge >= 0.3 is 5.97 Å². The summed E-state index contributed by atoms with van der Waals surface area (Å²) in [6, 6.07) is 4.48. The van der Waals surface area contributed by atoms with Crippen molar-refractivity contribution in [1.82, 2.24) is 19.9 Å². The van der Waals surface area contributed by atoms with E-state index in [0.29, 0.717) is 48.6 Å². The summed E-state index contributed by atoms with van der Waals surface area (Å²) < 4.78 is 28.3. The summed E-state index contributed by atoms with van der Waals surface area (Å²) in [5, 5.41) is 16.0. The molecule has 37 heavy (non-hydrogen) atoms. The molecule has 2 amide bonds. The van der Waals surface area contributed by atoms with Crippen LogP contribution in [-0.4, -0.2) is 66.8 Å². The molecule has 3 N–H and O–H groups in total. The lowest BCUT2D eigenvalue weighted by molar-refractivity contribution is -0.136. The highest BCUT2D eigenvalue weighted by Gasteiger charge is 2.34. The average Bonchev–Trinajstić information content (AvgIpc) is 2.91. The molecule has 0 unspecified atom stereocenters. The molecule has 2 saturated heterocycles. The predicted octanol–water partition coefficient (Wildman–Crippen LogP) is 1.85. The quantitative estimate of drug-likeness (QED) is 0.499. The molecule has 198 valence electrons. The Hall–Kier alpha value is -2.89. The van der Waals surface area contributed by atoms with Crippen LogP contribution in [0.5, 0.6) is 0 Å². The van der Waals surface area contributed by atoms with Crippen molar-refractivity contribution in [1.29, 1.82) is 0 Å². The number of fused-ring (bicyclic) bond motifs is 2. The van der Waals surface area contributed by atoms with E-state index in [2.05, 4.69) is 15.6 Å². The molecule has 10 nitrogen and oxygen atoms in total. The summed E-state index contributed by atoms with van der Waals surface area (Å²) in [5.41, 5.74) is 2.11. The lowest BCUT2D eigenvalue weighted by Gasteiger charge is -2.31. The Morgan fingerprint density at radius 3 is 2.30 bits per heavy atom. The van der Waals surface area contributed by atoms with Crippen LogP contribution in [-0.2, 0) is 32.5 Å². The van der Waals surface area contributed by atoms with Crippen LogP contribution in [0, 0.1) is 11.8 Å². The normalized spacial score (nSPS) is 19.9. The topological polar surface area (TPSA) is 146 Å². The van der Waals surface area contributed by atoms with Gasteiger partial charge in [0, 0.05) is 36.0 Å². The standard InChI is InChI=1S/C26H32N4O6S/c31-24(16-7-11-27-12-8-16)29-25(32)17-9-13-30(14-10-17)37(35,36)18-5-6-22-20(15-18)23(26(33)34)19-3-1-2-4-21(19)28-22/h5-6,15-17,27H,1-4,7-14H2,(H,33,34)(H,29,31,32). The Morgan fingerprint density at radius 1 is 0.973 bits per heavy atom. The zero-order chi connectivity index (χ0) is 26.2. The van der Waals surface area contributed by atoms with Crippen LogP contribution in [0.3, 0.4) is 0 Å². The number of piperidine rings is 2. The number of aromatic carboxylic acids is 1. The van der Waals surface area contributed by atoms with Gasteiger partial charge in [-0.05, 0) is 88.2 Å². The van der Waals surface area contributed by atoms with E-state index in [-0.39, 0.29) is 41.3 Å². The molecule has 2 fully saturated rings. The van der Waals surface area contributed by atoms with E-state index in [1.807, 2.05) is 0 Å². The largest absolute Gasteiger partial charge is 0.478 e. The molecule has 0 radical (unpaired) electrons. The van der Waals surface area contributed by atoms with Crippen molar-refractivity contribution in [3.8, 4) is 0 Å². The Bertz CT molecular complexity index is 1340. The number of nitrogens with zero attached hydrogens (tertiary/aromatic N) is 2. The van der Waals surface area contributed by atoms with Gasteiger partial charge in [0.05, 0.1) is 16.0 Å². The lowest BCUT2D eigenvalue weighted by atomic mass is 9.90. The maximum Gasteiger partial charge on any atom is 0.336 e. The van der Waals surface area contributed by atoms with Crippen LogP contribution >= 0.6 is 0 Å². The molecule has 0 bridgehead atoms. The minimum Gasteiger partial charge on any atom is -0.478 e. The van der Waals surface area contributed by atoms with Crippen LogP contribution in [0.25, 0.3) is 10.9 Å². The highest BCUT2D eigenvalue weighted by Crippen LogP contribution is 2.32. The van der Waals surface area contributed by atoms with Gasteiger partial charge in [-0.15, -0.1) is 0 Å². The van der Waals surface area contributed by atoms with Crippen molar-refractivity contribution in [2.45, 2.75) is 56.3 Å². The molecule has 1 aliphatic carbocycles. The molecule has 2 aliphatic heterocycles. The number of carbonyl (C=O) groups is 3. The van der Waals surface area contributed by atoms with E-state index < -0.39 is 21.9 Å². The zero-order valence-corrected chi connectivity index (χ0v) is 21.5. The highest BCUT2D eigenvalue weighted by molar-refractivity contribution is 7.89. The molecule has 1 aromatic heterocycles. The summed E-state index contributed by atoms with van der Waals surface area (Å²) >= 11 is 0. The van der Waals surface area contributed by atoms with E-state index in [1.54, 1.807) is 6.07 Å². The summed E-state index contributed by atoms with van der Waals surface area (Å²) in [4.78, 5) is 41.9. The van der Waals surface area contributed by atoms with Gasteiger partial charge in [0.1, 0.15) is 0 Å². The monoisotopic (exact) mass is 528 g/mol. The second kappa shape index (κ2) is 10.5. The van der Waals surface area contributed by atoms with Gasteiger partial charge in [0.15, 0.2) is 0 Å². The molecular formula is C26H32N4O6S. The fourth-order valence-corrected chi connectivity index (χ4v) is 7.22. The van der Waals surface area contributed by atoms with Gasteiger partial charge in [-0.25, -0.2) is 13.2 Å². The van der Waals surface area contributed by atoms with Crippen molar-refractivity contribution in [3.05, 3.63) is 35.0 Å². The highest BCUT2D eigenvalue weighted by atomic mass is 32.2. The number of aromatic nitrogens is 1. The Labute approximate surface area is 215 Å². The summed E-state index contributed by atoms with van der Waals surface area (Å²) in [6.45, 7) is 1.80. The number of nitrogens with one attached hydrogen (secondary N) is 2. The molecule has 0 saturated carbocycles. The Kier molecular flexibility index (Phi) is 7.28. The zero-order valence-electron chi connectivity index (χ0n) is 20.7. The van der Waals surface area contributed by atoms with Crippen molar-refractivity contribution in [2.24, 2.45) is 11.8 Å². The van der Waals surface area contributed by atoms with Gasteiger partial charge < -0.3 is 10.4 Å². The average molecular weight is 529 g/mol. The predicted molar refractivity (Wildman–Crippen MR) is 136 cm³/mol. The minimum absolute atomic E-state index is 0.0176. The number of rotatable bonds is 5. The third kappa shape index (κ3) is 5.12. The number of pyridine rings is 1. The number of amides is 2. The van der Waals surface area contributed by atoms with Gasteiger partial charge in [0.2, 0.25) is 21.8 Å². The van der Waals surface area contributed by atoms with Crippen LogP contribution in [0.15, 0.2) is 23.1 Å². The van der Waals surface area contributed by atoms with Crippen LogP contribution < -0.4 is 10.6 Å². The number of benzene rings is 1. The number of aryl methyl sites for hydroxylation is 1. The van der Waals surface area contributed by atoms with Gasteiger partial charge in [-0.3, -0.25) is 19.9 Å². The third-order valence-electron chi connectivity index (χ3n) is 7.87. The first-order valence-electron chi connectivity index (χ1n) is 13.0. The lowest BCUT2D eigenvalue weighted by Crippen LogP contribution is -2.46. The number of carboxylic acids is 1. The van der Waals surface area contributed by atoms with Crippen molar-refractivity contribution in [3.63, 3.8) is 0 Å². The number of sulfonamides is 1. The molecule has 11 heteroatoms. The summed E-state index contributed by atoms with van der Waals surface area (Å²) in [6.07, 6.45) is 5.19. The van der Waals surface area contributed by atoms with Gasteiger partial charge in [-0.2, -0.15) is 4.31 Å². The summed E-state index contributed by atoms with van der Waals surface area (Å²) in [7, 11) is -3.90. The summed E-state index contributed by atoms with van der Waals surface area (Å²) in [5.74, 6) is -2.26. The van der Waals surface area contributed by atoms with Crippen molar-refractivity contribution < 1.29 is 27.9 Å². The smallest absolute Gasteiger partial charge is 0.336 e. The molecular weight excluding hydrogens is 496 g/mol. The second-order valence-corrected chi connectivity index (χ2v) is 12.1. The molecule has 0 atom stereocenters. The number of carbonyl (C=O) groups excluding carboxylic acids is 2. The van der Waals surface area contributed by atoms with E-state index >= 15 is 0 Å². The maximum absolute atomic E-state index is 13.5. The first-order chi connectivity index (χ1) is 17.8. The Morgan fingerprint density at radius 2 is 1.62 bits per heavy atom. The van der Waals surface area contributed by atoms with E-state index in [0.717, 1.165) is 38.0 Å². The maximum atomic E-state index is 13.5. The number of hydrogen-bond acceptors (Lipinski definition) is 7. The molecule has 3 aliphatic rings. The van der Waals surface area contributed by atoms with Crippen molar-refractivity contribution in [2.75, 3.05) is 26.2 Å². The molecule has 5 rings (SSSR count). The fraction of sp³-hybridized carbons (Fsp3) is 0.538. The van der Waals surface area contributed by atoms with Gasteiger partial charge in [0.25, 0.3) is 0 Å². The number of carboxylic acid groups (broad SMARTS) is 1. The van der Waals surface area contributed by atoms with Crippen LogP contribution in [0.4, 0.5) is 0 Å². The molecule has 0 spiro atoms. The SMILES string of the molecule is O=C(O)c1c2c(nc3ccc(S(=O)(=O)N4CCC(C(=O)NC(=O)C5CCNCC5)CC4)cc13)CCCC2. The van der Waals surface area contributed by atoms with E-state index in [9.17, 15) is 27.9 Å². The van der Waals surface area contributed by atoms with Gasteiger partial charge in [-0.1, -0.05) is 0 Å². The fourth-order valence-electron chi connectivity index (χ4n) is 5.72. The molecule has 3 heterocycles. The third-order valence-corrected chi connectivity index (χ3v) is 9.76. The van der Waals surface area contributed by atoms with Crippen LogP contribution in [0.2, 0.25) is 0 Å². The van der Waals surface area contributed by atoms with E-state index in [1.165, 1.54) is 16.4 Å². The molecule has 2 aromatic rings. The first kappa shape index (κ1) is 25.7. The van der Waals surface area contributed by atoms with Crippen LogP contribution in [0.1, 0.15) is 60.1 Å². The minimum atomic E-state index is -3.90. The van der Waals surface area contributed by atoms with Crippen molar-refractivity contribution >= 4 is 38.7 Å². The first-order valence-corrected chi connectivity index (χ1v) is 14.4. The number of hydrogen-bond donors (Lipinski definition) is 3. The Balaban J connectivity index is 1.31.